The van der Waals surface area contributed by atoms with Gasteiger partial charge in [0.15, 0.2) is 0 Å². The van der Waals surface area contributed by atoms with Gasteiger partial charge in [0, 0.05) is 11.1 Å². The van der Waals surface area contributed by atoms with Gasteiger partial charge in [-0.1, -0.05) is 18.2 Å². The first kappa shape index (κ1) is 14.5. The molecule has 0 spiro atoms. The quantitative estimate of drug-likeness (QED) is 0.570. The van der Waals surface area contributed by atoms with Gasteiger partial charge >= 0.3 is 6.18 Å². The van der Waals surface area contributed by atoms with Crippen LogP contribution in [0, 0.1) is 5.82 Å². The molecular weight excluding hydrogens is 296 g/mol. The molecule has 0 aromatic heterocycles. The molecule has 0 unspecified atom stereocenters. The summed E-state index contributed by atoms with van der Waals surface area (Å²) in [5.41, 5.74) is -1.82. The van der Waals surface area contributed by atoms with E-state index >= 15 is 0 Å². The molecule has 1 nitrogen and oxygen atoms in total. The third-order valence-corrected chi connectivity index (χ3v) is 2.90. The van der Waals surface area contributed by atoms with Gasteiger partial charge in [-0.15, -0.1) is 0 Å². The van der Waals surface area contributed by atoms with Crippen LogP contribution in [0.5, 0.6) is 0 Å². The van der Waals surface area contributed by atoms with E-state index < -0.39 is 28.4 Å². The van der Waals surface area contributed by atoms with Crippen molar-refractivity contribution in [2.24, 2.45) is 0 Å². The van der Waals surface area contributed by atoms with Crippen molar-refractivity contribution in [1.82, 2.24) is 0 Å². The van der Waals surface area contributed by atoms with Crippen molar-refractivity contribution in [3.63, 3.8) is 0 Å². The maximum atomic E-state index is 13.2. The van der Waals surface area contributed by atoms with Crippen molar-refractivity contribution in [2.75, 3.05) is 0 Å². The van der Waals surface area contributed by atoms with Crippen LogP contribution in [0.1, 0.15) is 15.9 Å². The molecule has 0 radical (unpaired) electrons. The van der Waals surface area contributed by atoms with E-state index in [0.29, 0.717) is 0 Å². The van der Waals surface area contributed by atoms with Gasteiger partial charge in [-0.3, -0.25) is 4.79 Å². The Labute approximate surface area is 116 Å². The van der Waals surface area contributed by atoms with Crippen LogP contribution in [0.2, 0.25) is 0 Å². The highest BCUT2D eigenvalue weighted by Crippen LogP contribution is 2.39. The molecule has 2 aromatic rings. The number of carbonyl (C=O) groups excluding carboxylic acids is 1. The van der Waals surface area contributed by atoms with Crippen LogP contribution in [0.15, 0.2) is 42.5 Å². The average Bonchev–Trinajstić information content (AvgIpc) is 2.36. The standard InChI is InChI=1S/C14H7ClF4O/c15-13(20)10-5-2-6-11(14(17,18)19)12(10)8-3-1-4-9(16)7-8/h1-7H. The van der Waals surface area contributed by atoms with Gasteiger partial charge in [0.25, 0.3) is 5.24 Å². The van der Waals surface area contributed by atoms with Crippen LogP contribution < -0.4 is 0 Å². The summed E-state index contributed by atoms with van der Waals surface area (Å²) in [6.45, 7) is 0. The Balaban J connectivity index is 2.80. The molecule has 2 aromatic carbocycles. The molecule has 0 fully saturated rings. The lowest BCUT2D eigenvalue weighted by atomic mass is 9.94. The Morgan fingerprint density at radius 1 is 1.05 bits per heavy atom. The number of carbonyl (C=O) groups is 1. The van der Waals surface area contributed by atoms with Crippen molar-refractivity contribution >= 4 is 16.8 Å². The number of halogens is 5. The fourth-order valence-corrected chi connectivity index (χ4v) is 2.06. The number of alkyl halides is 3. The molecule has 0 atom stereocenters. The molecule has 2 rings (SSSR count). The highest BCUT2D eigenvalue weighted by Gasteiger charge is 2.35. The molecule has 0 saturated carbocycles. The Morgan fingerprint density at radius 2 is 1.70 bits per heavy atom. The maximum Gasteiger partial charge on any atom is 0.417 e. The minimum absolute atomic E-state index is 0.0538. The highest BCUT2D eigenvalue weighted by molar-refractivity contribution is 6.68. The third-order valence-electron chi connectivity index (χ3n) is 2.69. The summed E-state index contributed by atoms with van der Waals surface area (Å²) in [6.07, 6.45) is -4.68. The lowest BCUT2D eigenvalue weighted by molar-refractivity contribution is -0.137. The SMILES string of the molecule is O=C(Cl)c1cccc(C(F)(F)F)c1-c1cccc(F)c1. The summed E-state index contributed by atoms with van der Waals surface area (Å²) in [5.74, 6) is -0.701. The molecule has 0 aliphatic heterocycles. The predicted octanol–water partition coefficient (Wildman–Crippen LogP) is 4.89. The fraction of sp³-hybridized carbons (Fsp3) is 0.0714. The first-order valence-electron chi connectivity index (χ1n) is 5.46. The number of benzene rings is 2. The number of hydrogen-bond acceptors (Lipinski definition) is 1. The fourth-order valence-electron chi connectivity index (χ4n) is 1.91. The Bertz CT molecular complexity index is 664. The van der Waals surface area contributed by atoms with E-state index in [1.807, 2.05) is 0 Å². The van der Waals surface area contributed by atoms with E-state index in [0.717, 1.165) is 24.3 Å². The summed E-state index contributed by atoms with van der Waals surface area (Å²) in [5, 5.41) is -1.03. The molecular formula is C14H7ClF4O. The van der Waals surface area contributed by atoms with Gasteiger partial charge in [-0.2, -0.15) is 13.2 Å². The molecule has 0 saturated heterocycles. The number of rotatable bonds is 2. The summed E-state index contributed by atoms with van der Waals surface area (Å²) >= 11 is 5.32. The van der Waals surface area contributed by atoms with Crippen LogP contribution in [-0.2, 0) is 6.18 Å². The van der Waals surface area contributed by atoms with E-state index in [9.17, 15) is 22.4 Å². The normalized spacial score (nSPS) is 11.4. The van der Waals surface area contributed by atoms with Crippen molar-refractivity contribution in [1.29, 1.82) is 0 Å². The summed E-state index contributed by atoms with van der Waals surface area (Å²) in [6, 6.07) is 7.66. The van der Waals surface area contributed by atoms with Gasteiger partial charge < -0.3 is 0 Å². The van der Waals surface area contributed by atoms with Gasteiger partial charge in [0.1, 0.15) is 5.82 Å². The molecule has 0 aliphatic rings. The Kier molecular flexibility index (Phi) is 3.81. The van der Waals surface area contributed by atoms with Crippen LogP contribution >= 0.6 is 11.6 Å². The average molecular weight is 303 g/mol. The first-order chi connectivity index (χ1) is 9.30. The van der Waals surface area contributed by atoms with E-state index in [1.54, 1.807) is 0 Å². The third kappa shape index (κ3) is 2.82. The van der Waals surface area contributed by atoms with Gasteiger partial charge in [0.2, 0.25) is 0 Å². The highest BCUT2D eigenvalue weighted by atomic mass is 35.5. The second-order valence-corrected chi connectivity index (χ2v) is 4.35. The molecule has 104 valence electrons. The zero-order valence-corrected chi connectivity index (χ0v) is 10.6. The zero-order chi connectivity index (χ0) is 14.9. The largest absolute Gasteiger partial charge is 0.417 e. The van der Waals surface area contributed by atoms with E-state index in [1.165, 1.54) is 18.2 Å². The van der Waals surface area contributed by atoms with E-state index in [2.05, 4.69) is 0 Å². The van der Waals surface area contributed by atoms with Crippen LogP contribution in [-0.4, -0.2) is 5.24 Å². The molecule has 0 heterocycles. The molecule has 0 amide bonds. The topological polar surface area (TPSA) is 17.1 Å². The molecule has 20 heavy (non-hydrogen) atoms. The van der Waals surface area contributed by atoms with Crippen molar-refractivity contribution in [3.8, 4) is 11.1 Å². The minimum atomic E-state index is -4.68. The van der Waals surface area contributed by atoms with Crippen molar-refractivity contribution < 1.29 is 22.4 Å². The molecule has 6 heteroatoms. The second-order valence-electron chi connectivity index (χ2n) is 4.01. The maximum absolute atomic E-state index is 13.2. The lowest BCUT2D eigenvalue weighted by Crippen LogP contribution is -2.10. The second kappa shape index (κ2) is 5.25. The predicted molar refractivity (Wildman–Crippen MR) is 67.0 cm³/mol. The van der Waals surface area contributed by atoms with Crippen molar-refractivity contribution in [3.05, 3.63) is 59.4 Å². The van der Waals surface area contributed by atoms with Gasteiger partial charge in [-0.05, 0) is 41.4 Å². The summed E-state index contributed by atoms with van der Waals surface area (Å²) in [7, 11) is 0. The minimum Gasteiger partial charge on any atom is -0.276 e. The Morgan fingerprint density at radius 3 is 2.25 bits per heavy atom. The van der Waals surface area contributed by atoms with E-state index in [4.69, 9.17) is 11.6 Å². The van der Waals surface area contributed by atoms with Crippen molar-refractivity contribution in [2.45, 2.75) is 6.18 Å². The molecule has 0 aliphatic carbocycles. The van der Waals surface area contributed by atoms with Gasteiger partial charge in [0.05, 0.1) is 5.56 Å². The molecule has 0 bridgehead atoms. The summed E-state index contributed by atoms with van der Waals surface area (Å²) in [4.78, 5) is 11.3. The smallest absolute Gasteiger partial charge is 0.276 e. The molecule has 0 N–H and O–H groups in total. The monoisotopic (exact) mass is 302 g/mol. The summed E-state index contributed by atoms with van der Waals surface area (Å²) < 4.78 is 52.3. The van der Waals surface area contributed by atoms with E-state index in [-0.39, 0.29) is 11.1 Å². The Hall–Kier alpha value is -1.88. The van der Waals surface area contributed by atoms with Crippen LogP contribution in [0.25, 0.3) is 11.1 Å². The van der Waals surface area contributed by atoms with Gasteiger partial charge in [-0.25, -0.2) is 4.39 Å². The zero-order valence-electron chi connectivity index (χ0n) is 9.84. The number of hydrogen-bond donors (Lipinski definition) is 0. The first-order valence-corrected chi connectivity index (χ1v) is 5.84. The van der Waals surface area contributed by atoms with Crippen LogP contribution in [0.4, 0.5) is 17.6 Å². The van der Waals surface area contributed by atoms with Crippen LogP contribution in [0.3, 0.4) is 0 Å². The lowest BCUT2D eigenvalue weighted by Gasteiger charge is -2.15.